The van der Waals surface area contributed by atoms with Gasteiger partial charge < -0.3 is 15.2 Å². The lowest BCUT2D eigenvalue weighted by Crippen LogP contribution is -2.34. The Labute approximate surface area is 78.3 Å². The Morgan fingerprint density at radius 2 is 2.46 bits per heavy atom. The van der Waals surface area contributed by atoms with E-state index in [2.05, 4.69) is 5.32 Å². The minimum absolute atomic E-state index is 0.0351. The maximum absolute atomic E-state index is 11.4. The first-order chi connectivity index (χ1) is 6.13. The van der Waals surface area contributed by atoms with Crippen LogP contribution in [0.3, 0.4) is 0 Å². The van der Waals surface area contributed by atoms with E-state index in [1.54, 1.807) is 0 Å². The summed E-state index contributed by atoms with van der Waals surface area (Å²) in [4.78, 5) is 11.4. The molecule has 0 aromatic heterocycles. The molecular formula is C9H17NO3. The molecule has 0 bridgehead atoms. The lowest BCUT2D eigenvalue weighted by atomic mass is 10.2. The molecule has 1 aliphatic heterocycles. The van der Waals surface area contributed by atoms with Gasteiger partial charge in [-0.1, -0.05) is 6.92 Å². The molecule has 0 amide bonds. The molecule has 4 nitrogen and oxygen atoms in total. The molecule has 1 unspecified atom stereocenters. The molecule has 0 saturated carbocycles. The summed E-state index contributed by atoms with van der Waals surface area (Å²) >= 11 is 0. The normalized spacial score (nSPS) is 30.1. The van der Waals surface area contributed by atoms with E-state index in [0.717, 1.165) is 6.42 Å². The zero-order valence-electron chi connectivity index (χ0n) is 8.12. The summed E-state index contributed by atoms with van der Waals surface area (Å²) in [6.45, 7) is 4.32. The minimum Gasteiger partial charge on any atom is -0.462 e. The highest BCUT2D eigenvalue weighted by Gasteiger charge is 2.29. The third-order valence-electron chi connectivity index (χ3n) is 2.28. The monoisotopic (exact) mass is 187 g/mol. The summed E-state index contributed by atoms with van der Waals surface area (Å²) in [5.41, 5.74) is 0. The molecule has 2 N–H and O–H groups in total. The second-order valence-electron chi connectivity index (χ2n) is 3.51. The number of hydrogen-bond donors (Lipinski definition) is 2. The summed E-state index contributed by atoms with van der Waals surface area (Å²) < 4.78 is 5.12. The molecule has 0 spiro atoms. The molecule has 13 heavy (non-hydrogen) atoms. The van der Waals surface area contributed by atoms with Crippen molar-refractivity contribution in [3.63, 3.8) is 0 Å². The fourth-order valence-electron chi connectivity index (χ4n) is 1.26. The number of carbonyl (C=O) groups excluding carboxylic acids is 1. The van der Waals surface area contributed by atoms with Crippen molar-refractivity contribution in [2.45, 2.75) is 44.9 Å². The van der Waals surface area contributed by atoms with Crippen LogP contribution < -0.4 is 5.32 Å². The van der Waals surface area contributed by atoms with Crippen LogP contribution in [-0.2, 0) is 9.53 Å². The molecule has 1 rings (SSSR count). The van der Waals surface area contributed by atoms with Gasteiger partial charge in [-0.15, -0.1) is 0 Å². The lowest BCUT2D eigenvalue weighted by molar-refractivity contribution is -0.150. The second kappa shape index (κ2) is 4.58. The van der Waals surface area contributed by atoms with Crippen molar-refractivity contribution in [2.24, 2.45) is 0 Å². The van der Waals surface area contributed by atoms with Gasteiger partial charge in [-0.3, -0.25) is 4.79 Å². The van der Waals surface area contributed by atoms with Crippen LogP contribution in [0.15, 0.2) is 0 Å². The van der Waals surface area contributed by atoms with E-state index in [4.69, 9.17) is 9.84 Å². The van der Waals surface area contributed by atoms with Crippen molar-refractivity contribution < 1.29 is 14.6 Å². The number of esters is 1. The van der Waals surface area contributed by atoms with Crippen LogP contribution >= 0.6 is 0 Å². The SMILES string of the molecule is CCC(C)OC(=O)[C@@H]1C[C@@H](O)CN1. The molecule has 76 valence electrons. The number of aliphatic hydroxyl groups is 1. The van der Waals surface area contributed by atoms with Crippen molar-refractivity contribution in [1.29, 1.82) is 0 Å². The van der Waals surface area contributed by atoms with Gasteiger partial charge in [0, 0.05) is 13.0 Å². The van der Waals surface area contributed by atoms with Crippen LogP contribution in [0.5, 0.6) is 0 Å². The number of carbonyl (C=O) groups is 1. The molecule has 1 fully saturated rings. The van der Waals surface area contributed by atoms with Crippen LogP contribution in [-0.4, -0.2) is 35.9 Å². The number of nitrogens with one attached hydrogen (secondary N) is 1. The third-order valence-corrected chi connectivity index (χ3v) is 2.28. The Morgan fingerprint density at radius 1 is 1.77 bits per heavy atom. The maximum atomic E-state index is 11.4. The van der Waals surface area contributed by atoms with E-state index in [-0.39, 0.29) is 18.1 Å². The smallest absolute Gasteiger partial charge is 0.323 e. The van der Waals surface area contributed by atoms with Crippen molar-refractivity contribution in [2.75, 3.05) is 6.54 Å². The Morgan fingerprint density at radius 3 is 2.92 bits per heavy atom. The Bertz CT molecular complexity index is 184. The molecule has 1 saturated heterocycles. The molecule has 1 heterocycles. The standard InChI is InChI=1S/C9H17NO3/c1-3-6(2)13-9(12)8-4-7(11)5-10-8/h6-8,10-11H,3-5H2,1-2H3/t6?,7-,8+/m1/s1. The van der Waals surface area contributed by atoms with Crippen LogP contribution in [0, 0.1) is 0 Å². The minimum atomic E-state index is -0.408. The van der Waals surface area contributed by atoms with E-state index < -0.39 is 6.10 Å². The van der Waals surface area contributed by atoms with Crippen molar-refractivity contribution in [3.8, 4) is 0 Å². The molecule has 0 aromatic carbocycles. The first kappa shape index (κ1) is 10.5. The summed E-state index contributed by atoms with van der Waals surface area (Å²) in [7, 11) is 0. The average molecular weight is 187 g/mol. The van der Waals surface area contributed by atoms with Crippen molar-refractivity contribution in [1.82, 2.24) is 5.32 Å². The van der Waals surface area contributed by atoms with Gasteiger partial charge in [-0.05, 0) is 13.3 Å². The molecule has 0 aromatic rings. The zero-order valence-corrected chi connectivity index (χ0v) is 8.12. The van der Waals surface area contributed by atoms with Crippen molar-refractivity contribution in [3.05, 3.63) is 0 Å². The molecule has 4 heteroatoms. The number of rotatable bonds is 3. The van der Waals surface area contributed by atoms with Gasteiger partial charge in [0.25, 0.3) is 0 Å². The topological polar surface area (TPSA) is 58.6 Å². The largest absolute Gasteiger partial charge is 0.462 e. The van der Waals surface area contributed by atoms with Gasteiger partial charge in [0.1, 0.15) is 6.04 Å². The van der Waals surface area contributed by atoms with Gasteiger partial charge in [0.15, 0.2) is 0 Å². The maximum Gasteiger partial charge on any atom is 0.323 e. The first-order valence-corrected chi connectivity index (χ1v) is 4.75. The van der Waals surface area contributed by atoms with E-state index in [0.29, 0.717) is 13.0 Å². The molecule has 0 aliphatic carbocycles. The van der Waals surface area contributed by atoms with Gasteiger partial charge in [-0.25, -0.2) is 0 Å². The molecule has 3 atom stereocenters. The molecule has 1 aliphatic rings. The van der Waals surface area contributed by atoms with Crippen molar-refractivity contribution >= 4 is 5.97 Å². The van der Waals surface area contributed by atoms with Gasteiger partial charge in [0.05, 0.1) is 12.2 Å². The first-order valence-electron chi connectivity index (χ1n) is 4.75. The van der Waals surface area contributed by atoms with Gasteiger partial charge in [-0.2, -0.15) is 0 Å². The quantitative estimate of drug-likeness (QED) is 0.613. The number of hydrogen-bond acceptors (Lipinski definition) is 4. The Kier molecular flexibility index (Phi) is 3.69. The third kappa shape index (κ3) is 2.97. The highest BCUT2D eigenvalue weighted by Crippen LogP contribution is 2.09. The average Bonchev–Trinajstić information content (AvgIpc) is 2.51. The summed E-state index contributed by atoms with van der Waals surface area (Å²) in [6, 6.07) is -0.316. The predicted molar refractivity (Wildman–Crippen MR) is 48.3 cm³/mol. The number of aliphatic hydroxyl groups excluding tert-OH is 1. The van der Waals surface area contributed by atoms with Crippen LogP contribution in [0.2, 0.25) is 0 Å². The summed E-state index contributed by atoms with van der Waals surface area (Å²) in [6.07, 6.45) is 0.845. The van der Waals surface area contributed by atoms with E-state index >= 15 is 0 Å². The van der Waals surface area contributed by atoms with Gasteiger partial charge in [0.2, 0.25) is 0 Å². The van der Waals surface area contributed by atoms with Gasteiger partial charge >= 0.3 is 5.97 Å². The highest BCUT2D eigenvalue weighted by atomic mass is 16.5. The fraction of sp³-hybridized carbons (Fsp3) is 0.889. The van der Waals surface area contributed by atoms with E-state index in [9.17, 15) is 4.79 Å². The van der Waals surface area contributed by atoms with Crippen LogP contribution in [0.25, 0.3) is 0 Å². The van der Waals surface area contributed by atoms with Crippen LogP contribution in [0.4, 0.5) is 0 Å². The number of ether oxygens (including phenoxy) is 1. The predicted octanol–water partition coefficient (Wildman–Crippen LogP) is 0.0509. The highest BCUT2D eigenvalue weighted by molar-refractivity contribution is 5.76. The second-order valence-corrected chi connectivity index (χ2v) is 3.51. The fourth-order valence-corrected chi connectivity index (χ4v) is 1.26. The van der Waals surface area contributed by atoms with Crippen LogP contribution in [0.1, 0.15) is 26.7 Å². The van der Waals surface area contributed by atoms with E-state index in [1.807, 2.05) is 13.8 Å². The molecular weight excluding hydrogens is 170 g/mol. The Hall–Kier alpha value is -0.610. The number of β-amino-alcohol motifs (C(OH)–C–C–N with tert-alkyl or cyclic N) is 1. The lowest BCUT2D eigenvalue weighted by Gasteiger charge is -2.14. The zero-order chi connectivity index (χ0) is 9.84. The van der Waals surface area contributed by atoms with E-state index in [1.165, 1.54) is 0 Å². The Balaban J connectivity index is 2.31. The summed E-state index contributed by atoms with van der Waals surface area (Å²) in [5.74, 6) is -0.245. The molecule has 0 radical (unpaired) electrons. The summed E-state index contributed by atoms with van der Waals surface area (Å²) in [5, 5.41) is 12.1.